The lowest BCUT2D eigenvalue weighted by atomic mass is 10.0. The minimum atomic E-state index is -0.242. The second-order valence-electron chi connectivity index (χ2n) is 7.91. The highest BCUT2D eigenvalue weighted by Gasteiger charge is 2.27. The Morgan fingerprint density at radius 3 is 2.03 bits per heavy atom. The molecule has 34 heavy (non-hydrogen) atoms. The SMILES string of the molecule is C/C=C(\C)[S+](c1ccc(F)cc1)c1ccc(Sc2ccc(C(=O)c3ccccc3)cc2C)cc1. The maximum atomic E-state index is 13.5. The Balaban J connectivity index is 1.54. The average Bonchev–Trinajstić information content (AvgIpc) is 2.87. The van der Waals surface area contributed by atoms with E-state index in [4.69, 9.17) is 0 Å². The lowest BCUT2D eigenvalue weighted by Crippen LogP contribution is -2.05. The molecule has 1 nitrogen and oxygen atoms in total. The number of rotatable bonds is 7. The number of hydrogen-bond donors (Lipinski definition) is 0. The molecule has 0 aliphatic rings. The van der Waals surface area contributed by atoms with Crippen LogP contribution >= 0.6 is 11.8 Å². The first kappa shape index (κ1) is 24.1. The third-order valence-electron chi connectivity index (χ3n) is 5.54. The van der Waals surface area contributed by atoms with Gasteiger partial charge in [0.25, 0.3) is 0 Å². The summed E-state index contributed by atoms with van der Waals surface area (Å²) in [5.41, 5.74) is 2.48. The van der Waals surface area contributed by atoms with E-state index in [9.17, 15) is 9.18 Å². The van der Waals surface area contributed by atoms with Crippen LogP contribution in [0, 0.1) is 12.7 Å². The van der Waals surface area contributed by atoms with E-state index in [0.717, 1.165) is 20.2 Å². The zero-order valence-electron chi connectivity index (χ0n) is 19.4. The summed E-state index contributed by atoms with van der Waals surface area (Å²) in [7, 11) is -0.242. The Morgan fingerprint density at radius 1 is 0.824 bits per heavy atom. The van der Waals surface area contributed by atoms with Crippen LogP contribution in [0.4, 0.5) is 4.39 Å². The lowest BCUT2D eigenvalue weighted by molar-refractivity contribution is 0.103. The number of halogens is 1. The van der Waals surface area contributed by atoms with Crippen LogP contribution in [0.3, 0.4) is 0 Å². The van der Waals surface area contributed by atoms with Gasteiger partial charge in [-0.15, -0.1) is 0 Å². The molecule has 0 aromatic heterocycles. The van der Waals surface area contributed by atoms with Crippen molar-refractivity contribution < 1.29 is 9.18 Å². The molecule has 0 spiro atoms. The number of hydrogen-bond acceptors (Lipinski definition) is 2. The van der Waals surface area contributed by atoms with Crippen LogP contribution < -0.4 is 0 Å². The summed E-state index contributed by atoms with van der Waals surface area (Å²) in [5.74, 6) is -0.180. The van der Waals surface area contributed by atoms with Gasteiger partial charge in [-0.1, -0.05) is 42.1 Å². The summed E-state index contributed by atoms with van der Waals surface area (Å²) in [5, 5.41) is 0. The quantitative estimate of drug-likeness (QED) is 0.193. The Bertz CT molecular complexity index is 1310. The third-order valence-corrected chi connectivity index (χ3v) is 9.09. The van der Waals surface area contributed by atoms with E-state index in [2.05, 4.69) is 37.3 Å². The first-order valence-corrected chi connectivity index (χ1v) is 13.1. The largest absolute Gasteiger partial charge is 0.289 e. The molecule has 0 N–H and O–H groups in total. The number of carbonyl (C=O) groups excluding carboxylic acids is 1. The second-order valence-corrected chi connectivity index (χ2v) is 11.2. The molecule has 0 saturated carbocycles. The smallest absolute Gasteiger partial charge is 0.193 e. The van der Waals surface area contributed by atoms with Crippen LogP contribution in [0.15, 0.2) is 128 Å². The lowest BCUT2D eigenvalue weighted by Gasteiger charge is -2.10. The van der Waals surface area contributed by atoms with Crippen LogP contribution in [-0.4, -0.2) is 5.78 Å². The van der Waals surface area contributed by atoms with Crippen molar-refractivity contribution in [2.75, 3.05) is 0 Å². The Labute approximate surface area is 208 Å². The van der Waals surface area contributed by atoms with E-state index in [1.165, 1.54) is 21.9 Å². The summed E-state index contributed by atoms with van der Waals surface area (Å²) in [4.78, 5) is 18.6. The molecule has 0 heterocycles. The standard InChI is InChI=1S/C30H26FOS2/c1-4-22(3)34(27-15-11-25(31)12-16-27)28-17-13-26(14-18-28)33-29-19-10-24(20-21(29)2)30(32)23-8-6-5-7-9-23/h4-20H,1-3H3/q+1/b22-4+. The van der Waals surface area contributed by atoms with Gasteiger partial charge in [-0.3, -0.25) is 4.79 Å². The number of ketones is 1. The van der Waals surface area contributed by atoms with Gasteiger partial charge in [0, 0.05) is 27.8 Å². The average molecular weight is 486 g/mol. The molecule has 0 aliphatic carbocycles. The second kappa shape index (κ2) is 10.9. The Morgan fingerprint density at radius 2 is 1.44 bits per heavy atom. The molecular weight excluding hydrogens is 459 g/mol. The fourth-order valence-corrected chi connectivity index (χ4v) is 6.58. The number of aryl methyl sites for hydroxylation is 1. The van der Waals surface area contributed by atoms with Gasteiger partial charge >= 0.3 is 0 Å². The number of allylic oxidation sites excluding steroid dienone is 2. The molecule has 4 heteroatoms. The first-order chi connectivity index (χ1) is 16.5. The van der Waals surface area contributed by atoms with Crippen molar-refractivity contribution in [2.45, 2.75) is 40.4 Å². The van der Waals surface area contributed by atoms with Crippen molar-refractivity contribution in [3.05, 3.63) is 131 Å². The molecule has 4 aromatic carbocycles. The molecular formula is C30H26FOS2+. The van der Waals surface area contributed by atoms with E-state index in [0.29, 0.717) is 11.1 Å². The van der Waals surface area contributed by atoms with Crippen LogP contribution in [0.2, 0.25) is 0 Å². The fraction of sp³-hybridized carbons (Fsp3) is 0.100. The summed E-state index contributed by atoms with van der Waals surface area (Å²) in [6.45, 7) is 6.20. The Kier molecular flexibility index (Phi) is 7.71. The van der Waals surface area contributed by atoms with E-state index >= 15 is 0 Å². The molecule has 4 rings (SSSR count). The fourth-order valence-electron chi connectivity index (χ4n) is 3.63. The first-order valence-electron chi connectivity index (χ1n) is 11.1. The molecule has 1 atom stereocenters. The highest BCUT2D eigenvalue weighted by Crippen LogP contribution is 2.35. The molecule has 0 fully saturated rings. The molecule has 0 radical (unpaired) electrons. The molecule has 0 amide bonds. The van der Waals surface area contributed by atoms with Crippen molar-refractivity contribution >= 4 is 28.4 Å². The van der Waals surface area contributed by atoms with Crippen molar-refractivity contribution in [1.82, 2.24) is 0 Å². The predicted molar refractivity (Wildman–Crippen MR) is 141 cm³/mol. The molecule has 0 bridgehead atoms. The van der Waals surface area contributed by atoms with Gasteiger partial charge in [0.2, 0.25) is 0 Å². The van der Waals surface area contributed by atoms with Gasteiger partial charge in [-0.25, -0.2) is 4.39 Å². The van der Waals surface area contributed by atoms with Crippen LogP contribution in [-0.2, 0) is 10.9 Å². The van der Waals surface area contributed by atoms with E-state index in [-0.39, 0.29) is 22.5 Å². The van der Waals surface area contributed by atoms with Crippen molar-refractivity contribution in [3.8, 4) is 0 Å². The molecule has 4 aromatic rings. The molecule has 0 saturated heterocycles. The predicted octanol–water partition coefficient (Wildman–Crippen LogP) is 8.48. The van der Waals surface area contributed by atoms with Crippen molar-refractivity contribution in [2.24, 2.45) is 0 Å². The van der Waals surface area contributed by atoms with Crippen LogP contribution in [0.5, 0.6) is 0 Å². The number of benzene rings is 4. The number of carbonyl (C=O) groups is 1. The summed E-state index contributed by atoms with van der Waals surface area (Å²) in [6.07, 6.45) is 2.12. The van der Waals surface area contributed by atoms with Crippen LogP contribution in [0.25, 0.3) is 0 Å². The van der Waals surface area contributed by atoms with Gasteiger partial charge in [0.1, 0.15) is 10.7 Å². The van der Waals surface area contributed by atoms with E-state index in [1.807, 2.05) is 74.5 Å². The molecule has 170 valence electrons. The molecule has 1 unspecified atom stereocenters. The minimum absolute atomic E-state index is 0.0387. The highest BCUT2D eigenvalue weighted by molar-refractivity contribution is 8.00. The normalized spacial score (nSPS) is 12.4. The summed E-state index contributed by atoms with van der Waals surface area (Å²) >= 11 is 1.69. The van der Waals surface area contributed by atoms with Gasteiger partial charge in [0.05, 0.1) is 10.9 Å². The summed E-state index contributed by atoms with van der Waals surface area (Å²) < 4.78 is 13.5. The third kappa shape index (κ3) is 5.52. The molecule has 0 aliphatic heterocycles. The van der Waals surface area contributed by atoms with Crippen molar-refractivity contribution in [3.63, 3.8) is 0 Å². The van der Waals surface area contributed by atoms with E-state index < -0.39 is 0 Å². The monoisotopic (exact) mass is 485 g/mol. The highest BCUT2D eigenvalue weighted by atomic mass is 32.2. The van der Waals surface area contributed by atoms with Crippen LogP contribution in [0.1, 0.15) is 35.3 Å². The van der Waals surface area contributed by atoms with Crippen molar-refractivity contribution in [1.29, 1.82) is 0 Å². The van der Waals surface area contributed by atoms with Gasteiger partial charge in [-0.05, 0) is 92.2 Å². The van der Waals surface area contributed by atoms with E-state index in [1.54, 1.807) is 11.8 Å². The Hall–Kier alpha value is -3.08. The van der Waals surface area contributed by atoms with Gasteiger partial charge in [-0.2, -0.15) is 0 Å². The summed E-state index contributed by atoms with van der Waals surface area (Å²) in [6, 6.07) is 30.6. The minimum Gasteiger partial charge on any atom is -0.289 e. The zero-order valence-corrected chi connectivity index (χ0v) is 21.1. The topological polar surface area (TPSA) is 17.1 Å². The maximum absolute atomic E-state index is 13.5. The van der Waals surface area contributed by atoms with Gasteiger partial charge in [0.15, 0.2) is 15.6 Å². The maximum Gasteiger partial charge on any atom is 0.193 e. The zero-order chi connectivity index (χ0) is 24.1. The van der Waals surface area contributed by atoms with Gasteiger partial charge < -0.3 is 0 Å².